The van der Waals surface area contributed by atoms with Crippen LogP contribution in [-0.4, -0.2) is 23.7 Å². The lowest BCUT2D eigenvalue weighted by Gasteiger charge is -2.15. The highest BCUT2D eigenvalue weighted by atomic mass is 16.5. The first-order valence-corrected chi connectivity index (χ1v) is 8.12. The number of carbonyl (C=O) groups excluding carboxylic acids is 1. The zero-order valence-electron chi connectivity index (χ0n) is 13.6. The molecule has 0 bridgehead atoms. The maximum Gasteiger partial charge on any atom is 0.308 e. The number of hydrogen-bond acceptors (Lipinski definition) is 3. The van der Waals surface area contributed by atoms with E-state index in [0.717, 1.165) is 22.3 Å². The minimum absolute atomic E-state index is 0.0134. The fourth-order valence-electron chi connectivity index (χ4n) is 3.26. The Kier molecular flexibility index (Phi) is 4.85. The minimum atomic E-state index is -1.08. The van der Waals surface area contributed by atoms with Crippen molar-refractivity contribution in [3.8, 4) is 23.5 Å². The highest BCUT2D eigenvalue weighted by Gasteiger charge is 2.29. The number of rotatable bonds is 6. The van der Waals surface area contributed by atoms with Crippen LogP contribution in [-0.2, 0) is 14.3 Å². The summed E-state index contributed by atoms with van der Waals surface area (Å²) in [7, 11) is 0. The van der Waals surface area contributed by atoms with E-state index in [0.29, 0.717) is 0 Å². The lowest BCUT2D eigenvalue weighted by molar-refractivity contribution is -0.151. The molecule has 1 aliphatic rings. The standard InChI is InChI=1S/C21H18O4/c1-2-7-14(21(23)24)12-20(22)25-13-19-17-10-5-3-8-15(17)16-9-4-6-11-18(16)19/h1,3-6,8-11,14,19H,7,12-13H2,(H,23,24). The van der Waals surface area contributed by atoms with Crippen molar-refractivity contribution in [3.63, 3.8) is 0 Å². The van der Waals surface area contributed by atoms with Gasteiger partial charge >= 0.3 is 11.9 Å². The van der Waals surface area contributed by atoms with Crippen LogP contribution >= 0.6 is 0 Å². The van der Waals surface area contributed by atoms with Gasteiger partial charge in [-0.1, -0.05) is 48.5 Å². The van der Waals surface area contributed by atoms with Gasteiger partial charge in [0.2, 0.25) is 0 Å². The van der Waals surface area contributed by atoms with Crippen molar-refractivity contribution in [2.75, 3.05) is 6.61 Å². The average molecular weight is 334 g/mol. The predicted molar refractivity (Wildman–Crippen MR) is 93.9 cm³/mol. The van der Waals surface area contributed by atoms with Gasteiger partial charge in [0.15, 0.2) is 0 Å². The van der Waals surface area contributed by atoms with Gasteiger partial charge in [0.05, 0.1) is 12.3 Å². The van der Waals surface area contributed by atoms with Gasteiger partial charge in [0.25, 0.3) is 0 Å². The van der Waals surface area contributed by atoms with Gasteiger partial charge in [-0.3, -0.25) is 9.59 Å². The number of aliphatic carboxylic acids is 1. The van der Waals surface area contributed by atoms with E-state index < -0.39 is 17.9 Å². The zero-order chi connectivity index (χ0) is 17.8. The number of benzene rings is 2. The molecule has 0 radical (unpaired) electrons. The van der Waals surface area contributed by atoms with Gasteiger partial charge in [-0.25, -0.2) is 0 Å². The number of terminal acetylenes is 1. The van der Waals surface area contributed by atoms with Gasteiger partial charge < -0.3 is 9.84 Å². The second kappa shape index (κ2) is 7.23. The van der Waals surface area contributed by atoms with E-state index in [1.807, 2.05) is 36.4 Å². The SMILES string of the molecule is C#CCC(CC(=O)OCC1c2ccccc2-c2ccccc21)C(=O)O. The van der Waals surface area contributed by atoms with Crippen LogP contribution in [0.1, 0.15) is 29.9 Å². The third-order valence-electron chi connectivity index (χ3n) is 4.50. The van der Waals surface area contributed by atoms with Gasteiger partial charge in [-0.05, 0) is 22.3 Å². The second-order valence-electron chi connectivity index (χ2n) is 6.06. The lowest BCUT2D eigenvalue weighted by atomic mass is 9.98. The molecule has 25 heavy (non-hydrogen) atoms. The van der Waals surface area contributed by atoms with Crippen LogP contribution in [0.3, 0.4) is 0 Å². The van der Waals surface area contributed by atoms with E-state index in [1.165, 1.54) is 0 Å². The van der Waals surface area contributed by atoms with E-state index in [4.69, 9.17) is 16.3 Å². The highest BCUT2D eigenvalue weighted by molar-refractivity contribution is 5.80. The molecular weight excluding hydrogens is 316 g/mol. The van der Waals surface area contributed by atoms with Crippen molar-refractivity contribution in [2.45, 2.75) is 18.8 Å². The largest absolute Gasteiger partial charge is 0.481 e. The number of fused-ring (bicyclic) bond motifs is 3. The lowest BCUT2D eigenvalue weighted by Crippen LogP contribution is -2.20. The Bertz CT molecular complexity index is 801. The molecule has 126 valence electrons. The first-order chi connectivity index (χ1) is 12.1. The van der Waals surface area contributed by atoms with Crippen molar-refractivity contribution in [3.05, 3.63) is 59.7 Å². The van der Waals surface area contributed by atoms with Crippen molar-refractivity contribution in [1.82, 2.24) is 0 Å². The number of esters is 1. The fraction of sp³-hybridized carbons (Fsp3) is 0.238. The summed E-state index contributed by atoms with van der Waals surface area (Å²) in [5, 5.41) is 9.09. The van der Waals surface area contributed by atoms with E-state index in [-0.39, 0.29) is 25.4 Å². The number of carboxylic acid groups (broad SMARTS) is 1. The van der Waals surface area contributed by atoms with Crippen molar-refractivity contribution >= 4 is 11.9 Å². The van der Waals surface area contributed by atoms with Gasteiger partial charge in [-0.15, -0.1) is 12.3 Å². The first kappa shape index (κ1) is 16.8. The number of carboxylic acids is 1. The maximum absolute atomic E-state index is 12.1. The molecule has 0 spiro atoms. The molecule has 1 atom stereocenters. The van der Waals surface area contributed by atoms with Crippen molar-refractivity contribution in [2.24, 2.45) is 5.92 Å². The second-order valence-corrected chi connectivity index (χ2v) is 6.06. The monoisotopic (exact) mass is 334 g/mol. The van der Waals surface area contributed by atoms with E-state index >= 15 is 0 Å². The summed E-state index contributed by atoms with van der Waals surface area (Å²) in [5.41, 5.74) is 4.54. The van der Waals surface area contributed by atoms with Crippen LogP contribution in [0.25, 0.3) is 11.1 Å². The molecule has 0 fully saturated rings. The molecule has 1 unspecified atom stereocenters. The maximum atomic E-state index is 12.1. The normalized spacial score (nSPS) is 13.4. The first-order valence-electron chi connectivity index (χ1n) is 8.12. The van der Waals surface area contributed by atoms with Crippen LogP contribution in [0.4, 0.5) is 0 Å². The summed E-state index contributed by atoms with van der Waals surface area (Å²) in [6.07, 6.45) is 4.96. The van der Waals surface area contributed by atoms with Crippen LogP contribution in [0, 0.1) is 18.3 Å². The number of hydrogen-bond donors (Lipinski definition) is 1. The molecule has 0 saturated carbocycles. The van der Waals surface area contributed by atoms with Gasteiger partial charge in [-0.2, -0.15) is 0 Å². The molecule has 0 heterocycles. The Morgan fingerprint density at radius 3 is 2.16 bits per heavy atom. The van der Waals surface area contributed by atoms with Gasteiger partial charge in [0, 0.05) is 12.3 Å². The van der Waals surface area contributed by atoms with E-state index in [1.54, 1.807) is 0 Å². The fourth-order valence-corrected chi connectivity index (χ4v) is 3.26. The zero-order valence-corrected chi connectivity index (χ0v) is 13.6. The van der Waals surface area contributed by atoms with Gasteiger partial charge in [0.1, 0.15) is 6.61 Å². The topological polar surface area (TPSA) is 63.6 Å². The molecule has 4 heteroatoms. The predicted octanol–water partition coefficient (Wildman–Crippen LogP) is 3.46. The third kappa shape index (κ3) is 3.41. The molecule has 0 saturated heterocycles. The Morgan fingerprint density at radius 1 is 1.08 bits per heavy atom. The Hall–Kier alpha value is -3.06. The highest BCUT2D eigenvalue weighted by Crippen LogP contribution is 2.44. The summed E-state index contributed by atoms with van der Waals surface area (Å²) in [4.78, 5) is 23.2. The van der Waals surface area contributed by atoms with E-state index in [9.17, 15) is 9.59 Å². The summed E-state index contributed by atoms with van der Waals surface area (Å²) in [5.74, 6) is -0.263. The van der Waals surface area contributed by atoms with E-state index in [2.05, 4.69) is 18.1 Å². The Labute approximate surface area is 146 Å². The molecule has 2 aromatic rings. The summed E-state index contributed by atoms with van der Waals surface area (Å²) < 4.78 is 5.40. The van der Waals surface area contributed by atoms with Crippen molar-refractivity contribution < 1.29 is 19.4 Å². The molecule has 0 aliphatic heterocycles. The molecule has 2 aromatic carbocycles. The Morgan fingerprint density at radius 2 is 1.64 bits per heavy atom. The molecule has 4 nitrogen and oxygen atoms in total. The molecule has 1 N–H and O–H groups in total. The van der Waals surface area contributed by atoms with Crippen LogP contribution < -0.4 is 0 Å². The van der Waals surface area contributed by atoms with Crippen LogP contribution in [0.15, 0.2) is 48.5 Å². The molecule has 3 rings (SSSR count). The summed E-state index contributed by atoms with van der Waals surface area (Å²) in [6, 6.07) is 16.1. The number of carbonyl (C=O) groups is 2. The quantitative estimate of drug-likeness (QED) is 0.649. The molecular formula is C21H18O4. The molecule has 1 aliphatic carbocycles. The van der Waals surface area contributed by atoms with Crippen LogP contribution in [0.5, 0.6) is 0 Å². The Balaban J connectivity index is 1.72. The number of ether oxygens (including phenoxy) is 1. The average Bonchev–Trinajstić information content (AvgIpc) is 2.93. The minimum Gasteiger partial charge on any atom is -0.481 e. The molecule has 0 aromatic heterocycles. The van der Waals surface area contributed by atoms with Crippen LogP contribution in [0.2, 0.25) is 0 Å². The third-order valence-corrected chi connectivity index (χ3v) is 4.50. The smallest absolute Gasteiger partial charge is 0.308 e. The summed E-state index contributed by atoms with van der Waals surface area (Å²) in [6.45, 7) is 0.190. The molecule has 0 amide bonds. The summed E-state index contributed by atoms with van der Waals surface area (Å²) >= 11 is 0. The van der Waals surface area contributed by atoms with Crippen molar-refractivity contribution in [1.29, 1.82) is 0 Å².